The number of halogens is 1. The van der Waals surface area contributed by atoms with Crippen molar-refractivity contribution in [1.29, 1.82) is 0 Å². The zero-order chi connectivity index (χ0) is 28.5. The van der Waals surface area contributed by atoms with Gasteiger partial charge in [0, 0.05) is 12.3 Å². The summed E-state index contributed by atoms with van der Waals surface area (Å²) in [5, 5.41) is 5.37. The largest absolute Gasteiger partial charge is 0.444 e. The summed E-state index contributed by atoms with van der Waals surface area (Å²) in [6, 6.07) is 18.0. The highest BCUT2D eigenvalue weighted by Gasteiger charge is 2.29. The Morgan fingerprint density at radius 3 is 2.54 bits per heavy atom. The van der Waals surface area contributed by atoms with Crippen molar-refractivity contribution in [3.63, 3.8) is 0 Å². The van der Waals surface area contributed by atoms with E-state index in [0.717, 1.165) is 10.1 Å². The van der Waals surface area contributed by atoms with E-state index < -0.39 is 17.7 Å². The lowest BCUT2D eigenvalue weighted by molar-refractivity contribution is -0.132. The predicted molar refractivity (Wildman–Crippen MR) is 144 cm³/mol. The summed E-state index contributed by atoms with van der Waals surface area (Å²) < 4.78 is 20.8. The molecule has 0 fully saturated rings. The lowest BCUT2D eigenvalue weighted by atomic mass is 10.1. The van der Waals surface area contributed by atoms with E-state index in [9.17, 15) is 23.6 Å². The van der Waals surface area contributed by atoms with E-state index >= 15 is 0 Å². The van der Waals surface area contributed by atoms with E-state index in [0.29, 0.717) is 28.2 Å². The third-order valence-corrected chi connectivity index (χ3v) is 6.61. The van der Waals surface area contributed by atoms with Crippen LogP contribution in [-0.4, -0.2) is 41.0 Å². The van der Waals surface area contributed by atoms with Gasteiger partial charge in [-0.1, -0.05) is 30.3 Å². The number of amides is 2. The summed E-state index contributed by atoms with van der Waals surface area (Å²) in [5.41, 5.74) is 2.21. The Morgan fingerprint density at radius 1 is 1.00 bits per heavy atom. The van der Waals surface area contributed by atoms with Gasteiger partial charge in [-0.15, -0.1) is 0 Å². The minimum atomic E-state index is -0.774. The molecule has 1 aliphatic heterocycles. The molecule has 3 aromatic heterocycles. The van der Waals surface area contributed by atoms with Crippen LogP contribution in [0.2, 0.25) is 0 Å². The molecule has 5 aromatic rings. The second-order valence-corrected chi connectivity index (χ2v) is 9.37. The van der Waals surface area contributed by atoms with E-state index in [1.165, 1.54) is 33.8 Å². The molecule has 2 amide bonds. The van der Waals surface area contributed by atoms with Crippen molar-refractivity contribution >= 4 is 23.5 Å². The summed E-state index contributed by atoms with van der Waals surface area (Å²) in [6.07, 6.45) is 0.570. The molecule has 0 spiro atoms. The molecule has 2 aromatic carbocycles. The monoisotopic (exact) mass is 555 g/mol. The minimum Gasteiger partial charge on any atom is -0.444 e. The maximum atomic E-state index is 13.3. The second-order valence-electron chi connectivity index (χ2n) is 9.37. The van der Waals surface area contributed by atoms with Crippen LogP contribution in [0.3, 0.4) is 0 Å². The summed E-state index contributed by atoms with van der Waals surface area (Å²) in [5.74, 6) is -0.790. The van der Waals surface area contributed by atoms with Crippen LogP contribution in [0.1, 0.15) is 16.8 Å². The average molecular weight is 556 g/mol. The number of aromatic nitrogens is 5. The molecule has 1 aliphatic rings. The molecule has 2 N–H and O–H groups in total. The van der Waals surface area contributed by atoms with Crippen LogP contribution in [0.5, 0.6) is 0 Å². The van der Waals surface area contributed by atoms with E-state index in [-0.39, 0.29) is 43.4 Å². The van der Waals surface area contributed by atoms with Crippen LogP contribution < -0.4 is 16.6 Å². The molecule has 41 heavy (non-hydrogen) atoms. The van der Waals surface area contributed by atoms with Crippen LogP contribution >= 0.6 is 0 Å². The number of carbonyl (C=O) groups is 2. The zero-order valence-corrected chi connectivity index (χ0v) is 21.4. The van der Waals surface area contributed by atoms with Gasteiger partial charge in [-0.2, -0.15) is 4.98 Å². The van der Waals surface area contributed by atoms with Crippen molar-refractivity contribution in [3.8, 4) is 11.3 Å². The molecule has 13 heteroatoms. The minimum absolute atomic E-state index is 0.0161. The lowest BCUT2D eigenvalue weighted by Crippen LogP contribution is -2.34. The Hall–Kier alpha value is -5.59. The molecule has 0 saturated heterocycles. The SMILES string of the molecule is O=C(Nc1ccn(CC(=O)N2Cc3nc4cc(-c5ccc(F)cc5)[nH]n4c(=O)c3C2)c(=O)n1)OCc1ccccc1. The lowest BCUT2D eigenvalue weighted by Gasteiger charge is -2.15. The topological polar surface area (TPSA) is 144 Å². The molecule has 0 radical (unpaired) electrons. The Labute approximate surface area is 230 Å². The van der Waals surface area contributed by atoms with E-state index in [1.807, 2.05) is 30.3 Å². The van der Waals surface area contributed by atoms with Gasteiger partial charge in [-0.3, -0.25) is 24.6 Å². The number of ether oxygens (including phenoxy) is 1. The van der Waals surface area contributed by atoms with Gasteiger partial charge in [0.2, 0.25) is 5.91 Å². The van der Waals surface area contributed by atoms with E-state index in [4.69, 9.17) is 4.74 Å². The number of anilines is 1. The number of rotatable bonds is 6. The predicted octanol–water partition coefficient (Wildman–Crippen LogP) is 2.68. The first-order valence-electron chi connectivity index (χ1n) is 12.6. The van der Waals surface area contributed by atoms with Gasteiger partial charge in [0.15, 0.2) is 5.65 Å². The number of aromatic amines is 1. The summed E-state index contributed by atoms with van der Waals surface area (Å²) in [4.78, 5) is 60.5. The highest BCUT2D eigenvalue weighted by molar-refractivity contribution is 5.83. The fraction of sp³-hybridized carbons (Fsp3) is 0.143. The van der Waals surface area contributed by atoms with Crippen LogP contribution in [0.25, 0.3) is 16.9 Å². The number of nitrogens with one attached hydrogen (secondary N) is 2. The standard InChI is InChI=1S/C28H22FN7O5/c29-19-8-6-18(7-9-19)21-12-24-30-22-14-35(13-20(22)26(38)36(24)33-21)25(37)15-34-11-10-23(31-27(34)39)32-28(40)41-16-17-4-2-1-3-5-17/h1-12,33H,13-16H2,(H,31,32,39,40). The van der Waals surface area contributed by atoms with Crippen molar-refractivity contribution in [2.24, 2.45) is 0 Å². The smallest absolute Gasteiger partial charge is 0.413 e. The second kappa shape index (κ2) is 10.5. The Bertz CT molecular complexity index is 1900. The molecule has 4 heterocycles. The van der Waals surface area contributed by atoms with Gasteiger partial charge in [0.25, 0.3) is 5.56 Å². The quantitative estimate of drug-likeness (QED) is 0.328. The van der Waals surface area contributed by atoms with Gasteiger partial charge < -0.3 is 9.64 Å². The third-order valence-electron chi connectivity index (χ3n) is 6.61. The Balaban J connectivity index is 1.10. The first kappa shape index (κ1) is 25.7. The molecular weight excluding hydrogens is 533 g/mol. The van der Waals surface area contributed by atoms with Crippen LogP contribution in [0, 0.1) is 5.82 Å². The maximum absolute atomic E-state index is 13.3. The molecular formula is C28H22FN7O5. The zero-order valence-electron chi connectivity index (χ0n) is 21.4. The Kier molecular flexibility index (Phi) is 6.59. The van der Waals surface area contributed by atoms with Gasteiger partial charge in [0.05, 0.1) is 30.0 Å². The normalized spacial score (nSPS) is 12.4. The molecule has 0 bridgehead atoms. The van der Waals surface area contributed by atoms with Crippen molar-refractivity contribution in [2.45, 2.75) is 26.2 Å². The molecule has 0 aliphatic carbocycles. The van der Waals surface area contributed by atoms with Gasteiger partial charge in [0.1, 0.15) is 24.8 Å². The fourth-order valence-electron chi connectivity index (χ4n) is 4.50. The maximum Gasteiger partial charge on any atom is 0.413 e. The van der Waals surface area contributed by atoms with E-state index in [1.54, 1.807) is 18.2 Å². The molecule has 6 rings (SSSR count). The summed E-state index contributed by atoms with van der Waals surface area (Å²) >= 11 is 0. The van der Waals surface area contributed by atoms with Crippen molar-refractivity contribution < 1.29 is 18.7 Å². The molecule has 0 unspecified atom stereocenters. The summed E-state index contributed by atoms with van der Waals surface area (Å²) in [7, 11) is 0. The number of hydrogen-bond acceptors (Lipinski definition) is 7. The number of nitrogens with zero attached hydrogens (tertiary/aromatic N) is 5. The van der Waals surface area contributed by atoms with Crippen LogP contribution in [0.4, 0.5) is 15.0 Å². The third kappa shape index (κ3) is 5.32. The number of benzene rings is 2. The number of hydrogen-bond donors (Lipinski definition) is 2. The molecule has 0 atom stereocenters. The molecule has 12 nitrogen and oxygen atoms in total. The van der Waals surface area contributed by atoms with Crippen molar-refractivity contribution in [3.05, 3.63) is 116 Å². The number of carbonyl (C=O) groups excluding carboxylic acids is 2. The Morgan fingerprint density at radius 2 is 1.78 bits per heavy atom. The van der Waals surface area contributed by atoms with Crippen LogP contribution in [-0.2, 0) is 35.8 Å². The van der Waals surface area contributed by atoms with Crippen molar-refractivity contribution in [1.82, 2.24) is 29.0 Å². The highest BCUT2D eigenvalue weighted by atomic mass is 19.1. The average Bonchev–Trinajstić information content (AvgIpc) is 3.60. The molecule has 206 valence electrons. The fourth-order valence-corrected chi connectivity index (χ4v) is 4.50. The first-order chi connectivity index (χ1) is 19.8. The van der Waals surface area contributed by atoms with Gasteiger partial charge in [-0.25, -0.2) is 23.5 Å². The first-order valence-corrected chi connectivity index (χ1v) is 12.6. The van der Waals surface area contributed by atoms with Crippen molar-refractivity contribution in [2.75, 3.05) is 5.32 Å². The van der Waals surface area contributed by atoms with Crippen LogP contribution in [0.15, 0.2) is 82.5 Å². The number of H-pyrrole nitrogens is 1. The number of fused-ring (bicyclic) bond motifs is 2. The summed E-state index contributed by atoms with van der Waals surface area (Å²) in [6.45, 7) is -0.124. The van der Waals surface area contributed by atoms with Gasteiger partial charge in [-0.05, 0) is 41.5 Å². The van der Waals surface area contributed by atoms with E-state index in [2.05, 4.69) is 20.4 Å². The van der Waals surface area contributed by atoms with Gasteiger partial charge >= 0.3 is 11.8 Å². The highest BCUT2D eigenvalue weighted by Crippen LogP contribution is 2.22. The molecule has 0 saturated carbocycles.